The predicted octanol–water partition coefficient (Wildman–Crippen LogP) is 1.32. The van der Waals surface area contributed by atoms with Crippen LogP contribution in [0.15, 0.2) is 0 Å². The van der Waals surface area contributed by atoms with Crippen molar-refractivity contribution in [3.05, 3.63) is 6.42 Å². The molecule has 0 aromatic rings. The smallest absolute Gasteiger partial charge is 0.105 e. The molecule has 0 aromatic heterocycles. The first-order chi connectivity index (χ1) is 3.56. The molecule has 1 radical (unpaired) electrons. The lowest BCUT2D eigenvalue weighted by Gasteiger charge is -2.10. The van der Waals surface area contributed by atoms with E-state index in [0.29, 0.717) is 6.42 Å². The van der Waals surface area contributed by atoms with Gasteiger partial charge in [-0.05, 0) is 26.7 Å². The van der Waals surface area contributed by atoms with Gasteiger partial charge in [0.05, 0.1) is 0 Å². The second kappa shape index (κ2) is 3.02. The molecule has 0 unspecified atom stereocenters. The summed E-state index contributed by atoms with van der Waals surface area (Å²) in [4.78, 5) is 0. The van der Waals surface area contributed by atoms with Crippen LogP contribution >= 0.6 is 0 Å². The SMILES string of the molecule is CC(C)(F)C[CH]CO. The predicted molar refractivity (Wildman–Crippen MR) is 31.2 cm³/mol. The Morgan fingerprint density at radius 2 is 2.12 bits per heavy atom. The van der Waals surface area contributed by atoms with Crippen molar-refractivity contribution in [1.82, 2.24) is 0 Å². The van der Waals surface area contributed by atoms with Gasteiger partial charge in [0.2, 0.25) is 0 Å². The van der Waals surface area contributed by atoms with Gasteiger partial charge in [-0.3, -0.25) is 0 Å². The Bertz CT molecular complexity index is 56.0. The normalized spacial score (nSPS) is 12.0. The summed E-state index contributed by atoms with van der Waals surface area (Å²) in [5.41, 5.74) is -1.16. The van der Waals surface area contributed by atoms with E-state index in [1.807, 2.05) is 0 Å². The standard InChI is InChI=1S/C6H12FO/c1-6(2,7)4-3-5-8/h3,8H,4-5H2,1-2H3. The van der Waals surface area contributed by atoms with E-state index < -0.39 is 5.67 Å². The van der Waals surface area contributed by atoms with Gasteiger partial charge in [0.15, 0.2) is 0 Å². The molecule has 0 aromatic carbocycles. The Morgan fingerprint density at radius 1 is 1.62 bits per heavy atom. The van der Waals surface area contributed by atoms with Crippen molar-refractivity contribution in [3.8, 4) is 0 Å². The van der Waals surface area contributed by atoms with Gasteiger partial charge in [0.1, 0.15) is 5.67 Å². The summed E-state index contributed by atoms with van der Waals surface area (Å²) in [6.07, 6.45) is 1.84. The summed E-state index contributed by atoms with van der Waals surface area (Å²) in [5.74, 6) is 0. The number of hydrogen-bond donors (Lipinski definition) is 1. The van der Waals surface area contributed by atoms with Crippen molar-refractivity contribution in [1.29, 1.82) is 0 Å². The second-order valence-corrected chi connectivity index (χ2v) is 2.39. The number of halogens is 1. The maximum Gasteiger partial charge on any atom is 0.105 e. The maximum absolute atomic E-state index is 12.4. The summed E-state index contributed by atoms with van der Waals surface area (Å²) in [6, 6.07) is 0. The van der Waals surface area contributed by atoms with Gasteiger partial charge in [0, 0.05) is 6.61 Å². The molecule has 0 aliphatic heterocycles. The fourth-order valence-electron chi connectivity index (χ4n) is 0.408. The van der Waals surface area contributed by atoms with Gasteiger partial charge in [-0.2, -0.15) is 0 Å². The van der Waals surface area contributed by atoms with Gasteiger partial charge in [0.25, 0.3) is 0 Å². The third-order valence-electron chi connectivity index (χ3n) is 0.759. The molecule has 0 rings (SSSR count). The zero-order chi connectivity index (χ0) is 6.62. The fraction of sp³-hybridized carbons (Fsp3) is 0.833. The monoisotopic (exact) mass is 119 g/mol. The summed E-state index contributed by atoms with van der Waals surface area (Å²) in [5, 5.41) is 8.21. The Labute approximate surface area is 49.5 Å². The Morgan fingerprint density at radius 3 is 2.25 bits per heavy atom. The quantitative estimate of drug-likeness (QED) is 0.594. The number of hydrogen-bond acceptors (Lipinski definition) is 1. The molecule has 0 saturated heterocycles. The fourth-order valence-corrected chi connectivity index (χ4v) is 0.408. The first-order valence-corrected chi connectivity index (χ1v) is 2.68. The largest absolute Gasteiger partial charge is 0.396 e. The molecule has 2 heteroatoms. The minimum atomic E-state index is -1.16. The van der Waals surface area contributed by atoms with E-state index in [-0.39, 0.29) is 6.61 Å². The average molecular weight is 119 g/mol. The third kappa shape index (κ3) is 5.89. The average Bonchev–Trinajstić information content (AvgIpc) is 1.59. The highest BCUT2D eigenvalue weighted by molar-refractivity contribution is 4.75. The molecule has 0 amide bonds. The number of aliphatic hydroxyl groups is 1. The Kier molecular flexibility index (Phi) is 2.98. The van der Waals surface area contributed by atoms with Gasteiger partial charge in [-0.1, -0.05) is 0 Å². The van der Waals surface area contributed by atoms with Crippen LogP contribution in [0.25, 0.3) is 0 Å². The van der Waals surface area contributed by atoms with Crippen LogP contribution in [0.4, 0.5) is 4.39 Å². The maximum atomic E-state index is 12.4. The van der Waals surface area contributed by atoms with E-state index in [1.54, 1.807) is 0 Å². The van der Waals surface area contributed by atoms with Gasteiger partial charge in [-0.25, -0.2) is 4.39 Å². The highest BCUT2D eigenvalue weighted by atomic mass is 19.1. The lowest BCUT2D eigenvalue weighted by Crippen LogP contribution is -2.12. The van der Waals surface area contributed by atoms with Gasteiger partial charge >= 0.3 is 0 Å². The molecule has 1 nitrogen and oxygen atoms in total. The van der Waals surface area contributed by atoms with Crippen molar-refractivity contribution in [3.63, 3.8) is 0 Å². The first-order valence-electron chi connectivity index (χ1n) is 2.68. The molecule has 0 atom stereocenters. The molecule has 0 saturated carbocycles. The minimum Gasteiger partial charge on any atom is -0.396 e. The van der Waals surface area contributed by atoms with E-state index in [4.69, 9.17) is 5.11 Å². The van der Waals surface area contributed by atoms with Crippen molar-refractivity contribution >= 4 is 0 Å². The van der Waals surface area contributed by atoms with E-state index in [2.05, 4.69) is 0 Å². The second-order valence-electron chi connectivity index (χ2n) is 2.39. The van der Waals surface area contributed by atoms with Crippen LogP contribution in [0.5, 0.6) is 0 Å². The topological polar surface area (TPSA) is 20.2 Å². The molecular weight excluding hydrogens is 107 g/mol. The van der Waals surface area contributed by atoms with Crippen LogP contribution < -0.4 is 0 Å². The highest BCUT2D eigenvalue weighted by Crippen LogP contribution is 2.14. The number of rotatable bonds is 3. The summed E-state index contributed by atoms with van der Waals surface area (Å²) >= 11 is 0. The van der Waals surface area contributed by atoms with E-state index in [1.165, 1.54) is 20.3 Å². The number of alkyl halides is 1. The van der Waals surface area contributed by atoms with Crippen LogP contribution in [-0.2, 0) is 0 Å². The van der Waals surface area contributed by atoms with Crippen LogP contribution in [0.1, 0.15) is 20.3 Å². The Balaban J connectivity index is 3.11. The van der Waals surface area contributed by atoms with Crippen molar-refractivity contribution in [2.24, 2.45) is 0 Å². The van der Waals surface area contributed by atoms with Crippen LogP contribution in [-0.4, -0.2) is 17.4 Å². The summed E-state index contributed by atoms with van der Waals surface area (Å²) < 4.78 is 12.4. The van der Waals surface area contributed by atoms with Crippen molar-refractivity contribution < 1.29 is 9.50 Å². The molecule has 8 heavy (non-hydrogen) atoms. The minimum absolute atomic E-state index is 0.0344. The van der Waals surface area contributed by atoms with Crippen molar-refractivity contribution in [2.45, 2.75) is 25.9 Å². The summed E-state index contributed by atoms with van der Waals surface area (Å²) in [6.45, 7) is 2.94. The lowest BCUT2D eigenvalue weighted by molar-refractivity contribution is 0.203. The van der Waals surface area contributed by atoms with Crippen LogP contribution in [0, 0.1) is 6.42 Å². The molecule has 0 aliphatic rings. The van der Waals surface area contributed by atoms with Crippen LogP contribution in [0.2, 0.25) is 0 Å². The van der Waals surface area contributed by atoms with Crippen molar-refractivity contribution in [2.75, 3.05) is 6.61 Å². The van der Waals surface area contributed by atoms with Crippen LogP contribution in [0.3, 0.4) is 0 Å². The van der Waals surface area contributed by atoms with E-state index in [0.717, 1.165) is 0 Å². The molecular formula is C6H12FO. The molecule has 0 bridgehead atoms. The van der Waals surface area contributed by atoms with Gasteiger partial charge in [-0.15, -0.1) is 0 Å². The zero-order valence-corrected chi connectivity index (χ0v) is 5.32. The lowest BCUT2D eigenvalue weighted by atomic mass is 10.1. The molecule has 1 N–H and O–H groups in total. The molecule has 49 valence electrons. The third-order valence-corrected chi connectivity index (χ3v) is 0.759. The highest BCUT2D eigenvalue weighted by Gasteiger charge is 2.13. The molecule has 0 aliphatic carbocycles. The zero-order valence-electron chi connectivity index (χ0n) is 5.32. The Hall–Kier alpha value is -0.110. The molecule has 0 spiro atoms. The first kappa shape index (κ1) is 7.89. The number of aliphatic hydroxyl groups excluding tert-OH is 1. The summed E-state index contributed by atoms with van der Waals surface area (Å²) in [7, 11) is 0. The molecule has 0 fully saturated rings. The van der Waals surface area contributed by atoms with E-state index in [9.17, 15) is 4.39 Å². The van der Waals surface area contributed by atoms with Gasteiger partial charge < -0.3 is 5.11 Å². The van der Waals surface area contributed by atoms with E-state index >= 15 is 0 Å². The molecule has 0 heterocycles.